The maximum atomic E-state index is 14.7. The lowest BCUT2D eigenvalue weighted by Crippen LogP contribution is -2.27. The molecule has 7 nitrogen and oxygen atoms in total. The Hall–Kier alpha value is -4.03. The highest BCUT2D eigenvalue weighted by atomic mass is 19.1. The number of rotatable bonds is 8. The van der Waals surface area contributed by atoms with Crippen molar-refractivity contribution in [1.82, 2.24) is 4.98 Å². The van der Waals surface area contributed by atoms with E-state index in [1.165, 1.54) is 6.07 Å². The third-order valence-corrected chi connectivity index (χ3v) is 4.88. The number of aromatic nitrogens is 1. The molecule has 0 saturated heterocycles. The highest BCUT2D eigenvalue weighted by Gasteiger charge is 2.25. The molecule has 0 unspecified atom stereocenters. The first-order valence-electron chi connectivity index (χ1n) is 10.0. The van der Waals surface area contributed by atoms with Crippen LogP contribution in [0.2, 0.25) is 0 Å². The molecule has 0 radical (unpaired) electrons. The first kappa shape index (κ1) is 23.6. The Bertz CT molecular complexity index is 1240. The first-order chi connectivity index (χ1) is 15.8. The molecule has 9 heteroatoms. The second-order valence-corrected chi connectivity index (χ2v) is 7.19. The molecule has 0 bridgehead atoms. The van der Waals surface area contributed by atoms with E-state index in [1.54, 1.807) is 19.1 Å². The number of carbonyl (C=O) groups is 1. The van der Waals surface area contributed by atoms with Crippen LogP contribution in [-0.2, 0) is 11.3 Å². The number of halogens is 2. The van der Waals surface area contributed by atoms with Crippen molar-refractivity contribution in [2.24, 2.45) is 5.73 Å². The summed E-state index contributed by atoms with van der Waals surface area (Å²) in [5, 5.41) is 18.6. The minimum atomic E-state index is -1.37. The zero-order valence-corrected chi connectivity index (χ0v) is 17.9. The minimum Gasteiger partial charge on any atom is -0.479 e. The molecule has 0 amide bonds. The molecule has 0 aliphatic carbocycles. The molecule has 0 aliphatic rings. The maximum Gasteiger partial charge on any atom is 0.344 e. The van der Waals surface area contributed by atoms with Gasteiger partial charge in [0.15, 0.2) is 17.7 Å². The topological polar surface area (TPSA) is 118 Å². The van der Waals surface area contributed by atoms with E-state index in [0.29, 0.717) is 12.1 Å². The van der Waals surface area contributed by atoms with Crippen LogP contribution in [0.15, 0.2) is 42.5 Å². The van der Waals surface area contributed by atoms with Gasteiger partial charge in [-0.25, -0.2) is 13.6 Å². The lowest BCUT2D eigenvalue weighted by Gasteiger charge is -2.16. The van der Waals surface area contributed by atoms with Gasteiger partial charge in [-0.2, -0.15) is 10.2 Å². The van der Waals surface area contributed by atoms with E-state index in [1.807, 2.05) is 30.3 Å². The number of pyridine rings is 1. The minimum absolute atomic E-state index is 0.0402. The normalized spacial score (nSPS) is 11.5. The van der Waals surface area contributed by atoms with Crippen LogP contribution in [-0.4, -0.2) is 22.2 Å². The van der Waals surface area contributed by atoms with E-state index < -0.39 is 41.0 Å². The van der Waals surface area contributed by atoms with Crippen LogP contribution in [0, 0.1) is 29.9 Å². The second-order valence-electron chi connectivity index (χ2n) is 7.19. The second kappa shape index (κ2) is 10.1. The predicted molar refractivity (Wildman–Crippen MR) is 116 cm³/mol. The predicted octanol–water partition coefficient (Wildman–Crippen LogP) is 4.70. The van der Waals surface area contributed by atoms with Crippen molar-refractivity contribution < 1.29 is 28.2 Å². The quantitative estimate of drug-likeness (QED) is 0.507. The lowest BCUT2D eigenvalue weighted by molar-refractivity contribution is -0.145. The van der Waals surface area contributed by atoms with Gasteiger partial charge in [-0.1, -0.05) is 25.1 Å². The van der Waals surface area contributed by atoms with Gasteiger partial charge in [-0.05, 0) is 54.3 Å². The standard InChI is InChI=1S/C24H21F2N3O4/c1-3-19(24(30)31)33-23-21(26)13(2)20(25)22(29-23)32-18-9-15(12-28)8-17(10-18)16-6-4-5-14(7-16)11-27/h4-10,19H,3,11,27H2,1-2H3,(H,30,31)/t19-/m1/s1. The van der Waals surface area contributed by atoms with Crippen molar-refractivity contribution in [3.05, 3.63) is 70.8 Å². The van der Waals surface area contributed by atoms with E-state index in [-0.39, 0.29) is 17.7 Å². The van der Waals surface area contributed by atoms with Gasteiger partial charge in [0.1, 0.15) is 5.75 Å². The largest absolute Gasteiger partial charge is 0.479 e. The fraction of sp³-hybridized carbons (Fsp3) is 0.208. The Morgan fingerprint density at radius 3 is 2.55 bits per heavy atom. The third-order valence-electron chi connectivity index (χ3n) is 4.88. The summed E-state index contributed by atoms with van der Waals surface area (Å²) in [7, 11) is 0. The summed E-state index contributed by atoms with van der Waals surface area (Å²) in [4.78, 5) is 15.0. The van der Waals surface area contributed by atoms with Crippen molar-refractivity contribution in [3.63, 3.8) is 0 Å². The summed E-state index contributed by atoms with van der Waals surface area (Å²) in [5.41, 5.74) is 7.76. The molecule has 170 valence electrons. The number of nitrogens with zero attached hydrogens (tertiary/aromatic N) is 2. The van der Waals surface area contributed by atoms with Gasteiger partial charge >= 0.3 is 5.97 Å². The SMILES string of the molecule is CC[C@@H](Oc1nc(Oc2cc(C#N)cc(-c3cccc(CN)c3)c2)c(F)c(C)c1F)C(=O)O. The highest BCUT2D eigenvalue weighted by Crippen LogP contribution is 2.33. The van der Waals surface area contributed by atoms with Crippen molar-refractivity contribution in [2.45, 2.75) is 32.9 Å². The van der Waals surface area contributed by atoms with E-state index in [4.69, 9.17) is 20.3 Å². The van der Waals surface area contributed by atoms with E-state index in [9.17, 15) is 18.8 Å². The molecule has 0 fully saturated rings. The van der Waals surface area contributed by atoms with Gasteiger partial charge in [0.05, 0.1) is 11.6 Å². The van der Waals surface area contributed by atoms with Crippen LogP contribution in [0.1, 0.15) is 30.0 Å². The Balaban J connectivity index is 2.03. The molecular weight excluding hydrogens is 432 g/mol. The Morgan fingerprint density at radius 1 is 1.18 bits per heavy atom. The van der Waals surface area contributed by atoms with Gasteiger partial charge < -0.3 is 20.3 Å². The fourth-order valence-corrected chi connectivity index (χ4v) is 3.08. The number of carboxylic acids is 1. The molecular formula is C24H21F2N3O4. The van der Waals surface area contributed by atoms with Crippen LogP contribution in [0.5, 0.6) is 17.5 Å². The van der Waals surface area contributed by atoms with Crippen LogP contribution < -0.4 is 15.2 Å². The number of nitriles is 1. The maximum absolute atomic E-state index is 14.7. The number of carboxylic acid groups (broad SMARTS) is 1. The number of hydrogen-bond donors (Lipinski definition) is 2. The molecule has 33 heavy (non-hydrogen) atoms. The molecule has 0 spiro atoms. The molecule has 0 saturated carbocycles. The zero-order valence-electron chi connectivity index (χ0n) is 17.9. The molecule has 1 atom stereocenters. The third kappa shape index (κ3) is 5.25. The van der Waals surface area contributed by atoms with Crippen molar-refractivity contribution in [3.8, 4) is 34.7 Å². The van der Waals surface area contributed by atoms with E-state index >= 15 is 0 Å². The number of hydrogen-bond acceptors (Lipinski definition) is 6. The van der Waals surface area contributed by atoms with Crippen LogP contribution in [0.3, 0.4) is 0 Å². The summed E-state index contributed by atoms with van der Waals surface area (Å²) in [6, 6.07) is 13.9. The summed E-state index contributed by atoms with van der Waals surface area (Å²) in [5.74, 6) is -4.72. The summed E-state index contributed by atoms with van der Waals surface area (Å²) in [6.07, 6.45) is -1.33. The van der Waals surface area contributed by atoms with Gasteiger partial charge in [0, 0.05) is 12.1 Å². The summed E-state index contributed by atoms with van der Waals surface area (Å²) >= 11 is 0. The van der Waals surface area contributed by atoms with E-state index in [2.05, 4.69) is 4.98 Å². The van der Waals surface area contributed by atoms with Gasteiger partial charge in [0.25, 0.3) is 11.8 Å². The first-order valence-corrected chi connectivity index (χ1v) is 10.0. The molecule has 3 aromatic rings. The molecule has 3 rings (SSSR count). The molecule has 3 N–H and O–H groups in total. The number of nitrogens with two attached hydrogens (primary N) is 1. The van der Waals surface area contributed by atoms with Gasteiger partial charge in [-0.15, -0.1) is 0 Å². The Kier molecular flexibility index (Phi) is 7.20. The molecule has 1 heterocycles. The average molecular weight is 453 g/mol. The highest BCUT2D eigenvalue weighted by molar-refractivity contribution is 5.72. The number of ether oxygens (including phenoxy) is 2. The van der Waals surface area contributed by atoms with Crippen molar-refractivity contribution >= 4 is 5.97 Å². The van der Waals surface area contributed by atoms with Crippen molar-refractivity contribution in [2.75, 3.05) is 0 Å². The summed E-state index contributed by atoms with van der Waals surface area (Å²) < 4.78 is 39.9. The Labute approximate surface area is 189 Å². The molecule has 1 aromatic heterocycles. The zero-order chi connectivity index (χ0) is 24.1. The van der Waals surface area contributed by atoms with Gasteiger partial charge in [0.2, 0.25) is 0 Å². The van der Waals surface area contributed by atoms with Crippen LogP contribution >= 0.6 is 0 Å². The van der Waals surface area contributed by atoms with Crippen LogP contribution in [0.25, 0.3) is 11.1 Å². The molecule has 0 aliphatic heterocycles. The van der Waals surface area contributed by atoms with Crippen LogP contribution in [0.4, 0.5) is 8.78 Å². The Morgan fingerprint density at radius 2 is 1.91 bits per heavy atom. The van der Waals surface area contributed by atoms with E-state index in [0.717, 1.165) is 18.1 Å². The lowest BCUT2D eigenvalue weighted by atomic mass is 10.0. The smallest absolute Gasteiger partial charge is 0.344 e. The number of benzene rings is 2. The fourth-order valence-electron chi connectivity index (χ4n) is 3.08. The van der Waals surface area contributed by atoms with Gasteiger partial charge in [-0.3, -0.25) is 0 Å². The monoisotopic (exact) mass is 453 g/mol. The number of aliphatic carboxylic acids is 1. The molecule has 2 aromatic carbocycles. The summed E-state index contributed by atoms with van der Waals surface area (Å²) in [6.45, 7) is 3.03. The van der Waals surface area contributed by atoms with Crippen molar-refractivity contribution in [1.29, 1.82) is 5.26 Å². The average Bonchev–Trinajstić information content (AvgIpc) is 2.83.